The van der Waals surface area contributed by atoms with E-state index in [4.69, 9.17) is 14.2 Å². The summed E-state index contributed by atoms with van der Waals surface area (Å²) in [5, 5.41) is 3.53. The van der Waals surface area contributed by atoms with E-state index in [-0.39, 0.29) is 17.6 Å². The van der Waals surface area contributed by atoms with Gasteiger partial charge in [0.2, 0.25) is 5.91 Å². The van der Waals surface area contributed by atoms with Crippen molar-refractivity contribution >= 4 is 23.1 Å². The number of Topliss-reactive ketones (excluding diaryl/α,β-unsaturated/α-hetero) is 1. The Labute approximate surface area is 216 Å². The number of hydrogen-bond acceptors (Lipinski definition) is 6. The van der Waals surface area contributed by atoms with Gasteiger partial charge in [0.15, 0.2) is 17.3 Å². The van der Waals surface area contributed by atoms with Gasteiger partial charge in [-0.1, -0.05) is 30.3 Å². The van der Waals surface area contributed by atoms with Gasteiger partial charge in [0.05, 0.1) is 38.7 Å². The highest BCUT2D eigenvalue weighted by molar-refractivity contribution is 6.06. The van der Waals surface area contributed by atoms with Gasteiger partial charge in [-0.3, -0.25) is 14.5 Å². The molecule has 7 heteroatoms. The number of benzene rings is 3. The lowest BCUT2D eigenvalue weighted by atomic mass is 9.78. The number of nitrogens with zero attached hydrogens (tertiary/aromatic N) is 1. The van der Waals surface area contributed by atoms with E-state index in [0.29, 0.717) is 29.9 Å². The van der Waals surface area contributed by atoms with Crippen LogP contribution in [0.5, 0.6) is 17.2 Å². The van der Waals surface area contributed by atoms with E-state index in [1.807, 2.05) is 66.7 Å². The number of nitrogens with one attached hydrogen (secondary N) is 1. The maximum absolute atomic E-state index is 14.0. The summed E-state index contributed by atoms with van der Waals surface area (Å²) in [5.41, 5.74) is 4.78. The van der Waals surface area contributed by atoms with Gasteiger partial charge in [-0.05, 0) is 59.9 Å². The summed E-state index contributed by atoms with van der Waals surface area (Å²) >= 11 is 0. The highest BCUT2D eigenvalue weighted by Gasteiger charge is 2.41. The third kappa shape index (κ3) is 4.42. The molecule has 0 unspecified atom stereocenters. The van der Waals surface area contributed by atoms with Crippen molar-refractivity contribution < 1.29 is 23.8 Å². The van der Waals surface area contributed by atoms with Crippen LogP contribution in [0, 0.1) is 0 Å². The summed E-state index contributed by atoms with van der Waals surface area (Å²) in [5.74, 6) is 1.75. The molecule has 1 aliphatic heterocycles. The fraction of sp³-hybridized carbons (Fsp3) is 0.267. The molecule has 1 amide bonds. The normalized spacial score (nSPS) is 18.8. The predicted molar refractivity (Wildman–Crippen MR) is 143 cm³/mol. The molecule has 190 valence electrons. The molecule has 0 saturated heterocycles. The Morgan fingerprint density at radius 3 is 2.24 bits per heavy atom. The molecular formula is C30H30N2O5. The summed E-state index contributed by atoms with van der Waals surface area (Å²) in [6.07, 6.45) is 0.982. The lowest BCUT2D eigenvalue weighted by molar-refractivity contribution is -0.117. The molecular weight excluding hydrogens is 468 g/mol. The Hall–Kier alpha value is -4.26. The van der Waals surface area contributed by atoms with Crippen LogP contribution in [-0.4, -0.2) is 33.0 Å². The lowest BCUT2D eigenvalue weighted by Crippen LogP contribution is -2.37. The van der Waals surface area contributed by atoms with Crippen LogP contribution in [0.15, 0.2) is 78.0 Å². The van der Waals surface area contributed by atoms with E-state index >= 15 is 0 Å². The standard InChI is InChI=1S/C30H30N2O5/c1-18(33)32-25-8-6-5-7-23(25)31-24-15-21(19-9-12-22(35-2)13-10-19)16-26(34)29(24)30(32)20-11-14-27(36-3)28(17-20)37-4/h5-14,17,21,30-31H,15-16H2,1-4H3/t21-,30+/m0/s1. The Morgan fingerprint density at radius 1 is 0.865 bits per heavy atom. The average molecular weight is 499 g/mol. The number of carbonyl (C=O) groups excluding carboxylic acids is 2. The first-order valence-corrected chi connectivity index (χ1v) is 12.2. The molecule has 7 nitrogen and oxygen atoms in total. The number of ether oxygens (including phenoxy) is 3. The molecule has 0 bridgehead atoms. The van der Waals surface area contributed by atoms with E-state index in [1.165, 1.54) is 6.92 Å². The number of carbonyl (C=O) groups is 2. The largest absolute Gasteiger partial charge is 0.497 e. The number of fused-ring (bicyclic) bond motifs is 1. The molecule has 1 aliphatic carbocycles. The quantitative estimate of drug-likeness (QED) is 0.491. The maximum Gasteiger partial charge on any atom is 0.224 e. The zero-order valence-electron chi connectivity index (χ0n) is 21.4. The molecule has 2 aliphatic rings. The van der Waals surface area contributed by atoms with Crippen molar-refractivity contribution in [1.82, 2.24) is 0 Å². The zero-order chi connectivity index (χ0) is 26.1. The van der Waals surface area contributed by atoms with Crippen molar-refractivity contribution in [1.29, 1.82) is 0 Å². The average Bonchev–Trinajstić information content (AvgIpc) is 3.07. The van der Waals surface area contributed by atoms with Gasteiger partial charge >= 0.3 is 0 Å². The first kappa shape index (κ1) is 24.4. The summed E-state index contributed by atoms with van der Waals surface area (Å²) in [6.45, 7) is 1.53. The van der Waals surface area contributed by atoms with E-state index < -0.39 is 6.04 Å². The van der Waals surface area contributed by atoms with Crippen LogP contribution in [0.2, 0.25) is 0 Å². The van der Waals surface area contributed by atoms with Crippen LogP contribution in [0.3, 0.4) is 0 Å². The highest BCUT2D eigenvalue weighted by Crippen LogP contribution is 2.48. The monoisotopic (exact) mass is 498 g/mol. The number of anilines is 2. The van der Waals surface area contributed by atoms with Crippen LogP contribution in [-0.2, 0) is 9.59 Å². The van der Waals surface area contributed by atoms with Gasteiger partial charge in [-0.25, -0.2) is 0 Å². The van der Waals surface area contributed by atoms with Crippen molar-refractivity contribution in [2.45, 2.75) is 31.7 Å². The van der Waals surface area contributed by atoms with E-state index in [9.17, 15) is 9.59 Å². The lowest BCUT2D eigenvalue weighted by Gasteiger charge is -2.34. The summed E-state index contributed by atoms with van der Waals surface area (Å²) in [7, 11) is 4.79. The number of rotatable bonds is 5. The van der Waals surface area contributed by atoms with Crippen LogP contribution < -0.4 is 24.4 Å². The van der Waals surface area contributed by atoms with Gasteiger partial charge in [0.1, 0.15) is 5.75 Å². The molecule has 5 rings (SSSR count). The fourth-order valence-electron chi connectivity index (χ4n) is 5.39. The first-order valence-electron chi connectivity index (χ1n) is 12.2. The Morgan fingerprint density at radius 2 is 1.57 bits per heavy atom. The number of allylic oxidation sites excluding steroid dienone is 1. The smallest absolute Gasteiger partial charge is 0.224 e. The molecule has 0 radical (unpaired) electrons. The molecule has 3 aromatic carbocycles. The highest BCUT2D eigenvalue weighted by atomic mass is 16.5. The minimum atomic E-state index is -0.618. The van der Waals surface area contributed by atoms with Gasteiger partial charge in [0, 0.05) is 24.6 Å². The number of para-hydroxylation sites is 2. The number of ketones is 1. The Bertz CT molecular complexity index is 1380. The minimum Gasteiger partial charge on any atom is -0.497 e. The molecule has 0 spiro atoms. The summed E-state index contributed by atoms with van der Waals surface area (Å²) < 4.78 is 16.3. The zero-order valence-corrected chi connectivity index (χ0v) is 21.4. The molecule has 1 N–H and O–H groups in total. The van der Waals surface area contributed by atoms with Crippen molar-refractivity contribution in [2.75, 3.05) is 31.5 Å². The van der Waals surface area contributed by atoms with Gasteiger partial charge < -0.3 is 19.5 Å². The third-order valence-electron chi connectivity index (χ3n) is 7.14. The number of hydrogen-bond donors (Lipinski definition) is 1. The summed E-state index contributed by atoms with van der Waals surface area (Å²) in [4.78, 5) is 28.9. The molecule has 2 atom stereocenters. The molecule has 3 aromatic rings. The van der Waals surface area contributed by atoms with Crippen LogP contribution in [0.25, 0.3) is 0 Å². The maximum atomic E-state index is 14.0. The van der Waals surface area contributed by atoms with E-state index in [2.05, 4.69) is 5.32 Å². The minimum absolute atomic E-state index is 0.00625. The summed E-state index contributed by atoms with van der Waals surface area (Å²) in [6, 6.07) is 20.5. The Kier molecular flexibility index (Phi) is 6.61. The van der Waals surface area contributed by atoms with Gasteiger partial charge in [-0.15, -0.1) is 0 Å². The van der Waals surface area contributed by atoms with Crippen LogP contribution in [0.1, 0.15) is 42.9 Å². The first-order chi connectivity index (χ1) is 17.9. The predicted octanol–water partition coefficient (Wildman–Crippen LogP) is 5.63. The van der Waals surface area contributed by atoms with Crippen LogP contribution in [0.4, 0.5) is 11.4 Å². The van der Waals surface area contributed by atoms with Gasteiger partial charge in [0.25, 0.3) is 0 Å². The topological polar surface area (TPSA) is 77.1 Å². The molecule has 0 fully saturated rings. The number of methoxy groups -OCH3 is 3. The van der Waals surface area contributed by atoms with Crippen LogP contribution >= 0.6 is 0 Å². The van der Waals surface area contributed by atoms with Crippen molar-refractivity contribution in [3.05, 3.63) is 89.1 Å². The second-order valence-corrected chi connectivity index (χ2v) is 9.24. The molecule has 37 heavy (non-hydrogen) atoms. The second-order valence-electron chi connectivity index (χ2n) is 9.24. The molecule has 0 aromatic heterocycles. The Balaban J connectivity index is 1.68. The van der Waals surface area contributed by atoms with Crippen molar-refractivity contribution in [2.24, 2.45) is 0 Å². The van der Waals surface area contributed by atoms with E-state index in [1.54, 1.807) is 26.2 Å². The SMILES string of the molecule is COc1ccc([C@@H]2CC(=O)C3=C(C2)Nc2ccccc2N(C(C)=O)[C@@H]3c2ccc(OC)c(OC)c2)cc1. The van der Waals surface area contributed by atoms with Crippen molar-refractivity contribution in [3.8, 4) is 17.2 Å². The fourth-order valence-corrected chi connectivity index (χ4v) is 5.39. The van der Waals surface area contributed by atoms with E-state index in [0.717, 1.165) is 33.9 Å². The molecule has 0 saturated carbocycles. The van der Waals surface area contributed by atoms with Crippen molar-refractivity contribution in [3.63, 3.8) is 0 Å². The third-order valence-corrected chi connectivity index (χ3v) is 7.14. The second kappa shape index (κ2) is 10.0. The van der Waals surface area contributed by atoms with Gasteiger partial charge in [-0.2, -0.15) is 0 Å². The number of amides is 1. The molecule has 1 heterocycles.